The van der Waals surface area contributed by atoms with E-state index in [-0.39, 0.29) is 5.91 Å². The first-order chi connectivity index (χ1) is 7.27. The molecule has 2 aromatic heterocycles. The minimum absolute atomic E-state index is 0.247. The summed E-state index contributed by atoms with van der Waals surface area (Å²) >= 11 is 0. The minimum Gasteiger partial charge on any atom is -0.305 e. The van der Waals surface area contributed by atoms with Gasteiger partial charge in [0, 0.05) is 11.8 Å². The highest BCUT2D eigenvalue weighted by molar-refractivity contribution is 6.02. The SMILES string of the molecule is Cc1cn[nH]c1NC(=O)c1ccccn1. The van der Waals surface area contributed by atoms with Gasteiger partial charge in [-0.25, -0.2) is 0 Å². The van der Waals surface area contributed by atoms with Crippen LogP contribution in [0.1, 0.15) is 16.1 Å². The quantitative estimate of drug-likeness (QED) is 0.772. The lowest BCUT2D eigenvalue weighted by Crippen LogP contribution is -2.14. The summed E-state index contributed by atoms with van der Waals surface area (Å²) in [5.41, 5.74) is 1.27. The number of aryl methyl sites for hydroxylation is 1. The van der Waals surface area contributed by atoms with Crippen molar-refractivity contribution in [3.05, 3.63) is 41.9 Å². The number of aromatic amines is 1. The van der Waals surface area contributed by atoms with Crippen LogP contribution in [0.25, 0.3) is 0 Å². The Morgan fingerprint density at radius 1 is 1.47 bits per heavy atom. The third-order valence-electron chi connectivity index (χ3n) is 1.96. The molecule has 0 bridgehead atoms. The highest BCUT2D eigenvalue weighted by Crippen LogP contribution is 2.09. The molecule has 0 spiro atoms. The van der Waals surface area contributed by atoms with Crippen LogP contribution < -0.4 is 5.32 Å². The molecule has 5 nitrogen and oxygen atoms in total. The number of aromatic nitrogens is 3. The van der Waals surface area contributed by atoms with Gasteiger partial charge in [-0.2, -0.15) is 5.10 Å². The molecule has 0 unspecified atom stereocenters. The molecule has 76 valence electrons. The van der Waals surface area contributed by atoms with E-state index in [4.69, 9.17) is 0 Å². The van der Waals surface area contributed by atoms with Crippen molar-refractivity contribution in [1.82, 2.24) is 15.2 Å². The van der Waals surface area contributed by atoms with E-state index in [1.807, 2.05) is 6.92 Å². The molecule has 5 heteroatoms. The van der Waals surface area contributed by atoms with E-state index in [0.717, 1.165) is 5.56 Å². The van der Waals surface area contributed by atoms with Gasteiger partial charge in [0.15, 0.2) is 0 Å². The Bertz CT molecular complexity index is 463. The van der Waals surface area contributed by atoms with Crippen molar-refractivity contribution in [1.29, 1.82) is 0 Å². The first-order valence-electron chi connectivity index (χ1n) is 4.50. The highest BCUT2D eigenvalue weighted by Gasteiger charge is 2.08. The largest absolute Gasteiger partial charge is 0.305 e. The van der Waals surface area contributed by atoms with Gasteiger partial charge in [-0.3, -0.25) is 14.9 Å². The van der Waals surface area contributed by atoms with Crippen LogP contribution >= 0.6 is 0 Å². The molecule has 2 aromatic rings. The van der Waals surface area contributed by atoms with E-state index in [1.165, 1.54) is 0 Å². The maximum absolute atomic E-state index is 11.6. The predicted octanol–water partition coefficient (Wildman–Crippen LogP) is 1.37. The van der Waals surface area contributed by atoms with E-state index >= 15 is 0 Å². The Morgan fingerprint density at radius 3 is 2.93 bits per heavy atom. The van der Waals surface area contributed by atoms with Crippen LogP contribution in [0.5, 0.6) is 0 Å². The second-order valence-corrected chi connectivity index (χ2v) is 3.10. The standard InChI is InChI=1S/C10H10N4O/c1-7-6-12-14-9(7)13-10(15)8-4-2-3-5-11-8/h2-6H,1H3,(H2,12,13,14,15). The molecule has 15 heavy (non-hydrogen) atoms. The Balaban J connectivity index is 2.15. The molecule has 0 atom stereocenters. The average molecular weight is 202 g/mol. The Labute approximate surface area is 86.5 Å². The van der Waals surface area contributed by atoms with E-state index in [0.29, 0.717) is 11.5 Å². The number of anilines is 1. The first-order valence-corrected chi connectivity index (χ1v) is 4.50. The second-order valence-electron chi connectivity index (χ2n) is 3.10. The summed E-state index contributed by atoms with van der Waals surface area (Å²) in [5.74, 6) is 0.355. The third-order valence-corrected chi connectivity index (χ3v) is 1.96. The lowest BCUT2D eigenvalue weighted by Gasteiger charge is -2.02. The topological polar surface area (TPSA) is 70.7 Å². The van der Waals surface area contributed by atoms with E-state index in [1.54, 1.807) is 30.6 Å². The average Bonchev–Trinajstić information content (AvgIpc) is 2.66. The third kappa shape index (κ3) is 2.01. The van der Waals surface area contributed by atoms with E-state index < -0.39 is 0 Å². The Kier molecular flexibility index (Phi) is 2.45. The zero-order chi connectivity index (χ0) is 10.7. The minimum atomic E-state index is -0.247. The smallest absolute Gasteiger partial charge is 0.275 e. The van der Waals surface area contributed by atoms with Gasteiger partial charge in [0.2, 0.25) is 0 Å². The number of hydrogen-bond donors (Lipinski definition) is 2. The van der Waals surface area contributed by atoms with Crippen LogP contribution in [0.3, 0.4) is 0 Å². The zero-order valence-electron chi connectivity index (χ0n) is 8.19. The number of carbonyl (C=O) groups is 1. The summed E-state index contributed by atoms with van der Waals surface area (Å²) in [7, 11) is 0. The van der Waals surface area contributed by atoms with E-state index in [9.17, 15) is 4.79 Å². The predicted molar refractivity (Wildman–Crippen MR) is 55.5 cm³/mol. The molecule has 0 aliphatic carbocycles. The van der Waals surface area contributed by atoms with Crippen LogP contribution in [0.2, 0.25) is 0 Å². The fourth-order valence-corrected chi connectivity index (χ4v) is 1.15. The van der Waals surface area contributed by atoms with Gasteiger partial charge in [-0.05, 0) is 19.1 Å². The van der Waals surface area contributed by atoms with Crippen molar-refractivity contribution in [2.75, 3.05) is 5.32 Å². The van der Waals surface area contributed by atoms with Crippen LogP contribution in [-0.4, -0.2) is 21.1 Å². The number of carbonyl (C=O) groups excluding carboxylic acids is 1. The molecule has 0 saturated carbocycles. The molecule has 0 saturated heterocycles. The number of H-pyrrole nitrogens is 1. The molecule has 0 aliphatic rings. The molecule has 0 radical (unpaired) electrons. The van der Waals surface area contributed by atoms with Gasteiger partial charge in [0.1, 0.15) is 11.5 Å². The molecule has 1 amide bonds. The van der Waals surface area contributed by atoms with Gasteiger partial charge >= 0.3 is 0 Å². The zero-order valence-corrected chi connectivity index (χ0v) is 8.19. The molecule has 0 aromatic carbocycles. The van der Waals surface area contributed by atoms with E-state index in [2.05, 4.69) is 20.5 Å². The molecule has 2 rings (SSSR count). The fraction of sp³-hybridized carbons (Fsp3) is 0.100. The van der Waals surface area contributed by atoms with Crippen molar-refractivity contribution in [3.63, 3.8) is 0 Å². The van der Waals surface area contributed by atoms with Crippen LogP contribution in [0.4, 0.5) is 5.82 Å². The lowest BCUT2D eigenvalue weighted by atomic mass is 10.3. The first kappa shape index (κ1) is 9.39. The maximum Gasteiger partial charge on any atom is 0.275 e. The van der Waals surface area contributed by atoms with Gasteiger partial charge in [-0.15, -0.1) is 0 Å². The number of nitrogens with zero attached hydrogens (tertiary/aromatic N) is 2. The number of amides is 1. The van der Waals surface area contributed by atoms with Gasteiger partial charge in [0.25, 0.3) is 5.91 Å². The van der Waals surface area contributed by atoms with Crippen LogP contribution in [0.15, 0.2) is 30.6 Å². The molecule has 2 N–H and O–H groups in total. The van der Waals surface area contributed by atoms with Crippen molar-refractivity contribution < 1.29 is 4.79 Å². The summed E-state index contributed by atoms with van der Waals surface area (Å²) < 4.78 is 0. The van der Waals surface area contributed by atoms with Gasteiger partial charge in [-0.1, -0.05) is 6.07 Å². The molecule has 0 aliphatic heterocycles. The normalized spacial score (nSPS) is 9.93. The molecular weight excluding hydrogens is 192 g/mol. The highest BCUT2D eigenvalue weighted by atomic mass is 16.1. The molecule has 2 heterocycles. The van der Waals surface area contributed by atoms with Crippen molar-refractivity contribution in [2.45, 2.75) is 6.92 Å². The molecule has 0 fully saturated rings. The summed E-state index contributed by atoms with van der Waals surface area (Å²) in [4.78, 5) is 15.6. The monoisotopic (exact) mass is 202 g/mol. The Morgan fingerprint density at radius 2 is 2.33 bits per heavy atom. The van der Waals surface area contributed by atoms with Crippen LogP contribution in [-0.2, 0) is 0 Å². The van der Waals surface area contributed by atoms with Crippen molar-refractivity contribution in [2.24, 2.45) is 0 Å². The number of hydrogen-bond acceptors (Lipinski definition) is 3. The van der Waals surface area contributed by atoms with Crippen LogP contribution in [0, 0.1) is 6.92 Å². The molecular formula is C10H10N4O. The fourth-order valence-electron chi connectivity index (χ4n) is 1.15. The van der Waals surface area contributed by atoms with Gasteiger partial charge in [0.05, 0.1) is 6.20 Å². The summed E-state index contributed by atoms with van der Waals surface area (Å²) in [6, 6.07) is 5.18. The second kappa shape index (κ2) is 3.91. The van der Waals surface area contributed by atoms with Crippen molar-refractivity contribution >= 4 is 11.7 Å². The lowest BCUT2D eigenvalue weighted by molar-refractivity contribution is 0.102. The summed E-state index contributed by atoms with van der Waals surface area (Å²) in [6.07, 6.45) is 3.22. The summed E-state index contributed by atoms with van der Waals surface area (Å²) in [5, 5.41) is 9.19. The number of pyridine rings is 1. The maximum atomic E-state index is 11.6. The summed E-state index contributed by atoms with van der Waals surface area (Å²) in [6.45, 7) is 1.86. The van der Waals surface area contributed by atoms with Crippen molar-refractivity contribution in [3.8, 4) is 0 Å². The van der Waals surface area contributed by atoms with Gasteiger partial charge < -0.3 is 5.32 Å². The Hall–Kier alpha value is -2.17. The number of rotatable bonds is 2. The number of nitrogens with one attached hydrogen (secondary N) is 2.